The molecule has 0 radical (unpaired) electrons. The summed E-state index contributed by atoms with van der Waals surface area (Å²) >= 11 is 7.12. The van der Waals surface area contributed by atoms with Gasteiger partial charge in [0.2, 0.25) is 5.13 Å². The summed E-state index contributed by atoms with van der Waals surface area (Å²) < 4.78 is 0. The molecule has 1 aromatic carbocycles. The first-order valence-corrected chi connectivity index (χ1v) is 6.01. The largest absolute Gasteiger partial charge is 0.387 e. The molecule has 0 aliphatic rings. The Kier molecular flexibility index (Phi) is 3.55. The van der Waals surface area contributed by atoms with E-state index in [4.69, 9.17) is 11.6 Å². The summed E-state index contributed by atoms with van der Waals surface area (Å²) in [6, 6.07) is 5.07. The second-order valence-corrected chi connectivity index (χ2v) is 4.41. The van der Waals surface area contributed by atoms with Crippen LogP contribution in [0.25, 0.3) is 0 Å². The fourth-order valence-electron chi connectivity index (χ4n) is 1.31. The number of amides is 1. The van der Waals surface area contributed by atoms with Crippen molar-refractivity contribution < 1.29 is 4.79 Å². The van der Waals surface area contributed by atoms with Gasteiger partial charge in [-0.05, 0) is 18.2 Å². The van der Waals surface area contributed by atoms with Crippen molar-refractivity contribution in [1.29, 1.82) is 0 Å². The molecule has 0 spiro atoms. The van der Waals surface area contributed by atoms with Gasteiger partial charge in [-0.1, -0.05) is 22.9 Å². The minimum absolute atomic E-state index is 0.270. The predicted octanol–water partition coefficient (Wildman–Crippen LogP) is 2.49. The Bertz CT molecular complexity index is 529. The van der Waals surface area contributed by atoms with Crippen molar-refractivity contribution >= 4 is 39.7 Å². The molecule has 2 rings (SSSR count). The van der Waals surface area contributed by atoms with E-state index in [9.17, 15) is 4.79 Å². The minimum Gasteiger partial charge on any atom is -0.387 e. The number of halogens is 1. The van der Waals surface area contributed by atoms with Crippen molar-refractivity contribution in [3.63, 3.8) is 0 Å². The van der Waals surface area contributed by atoms with Gasteiger partial charge in [-0.25, -0.2) is 0 Å². The second-order valence-electron chi connectivity index (χ2n) is 3.14. The molecule has 0 aliphatic carbocycles. The van der Waals surface area contributed by atoms with Gasteiger partial charge in [0.1, 0.15) is 5.51 Å². The third-order valence-electron chi connectivity index (χ3n) is 2.08. The molecule has 0 fully saturated rings. The number of aromatic nitrogens is 2. The van der Waals surface area contributed by atoms with E-state index < -0.39 is 0 Å². The topological polar surface area (TPSA) is 66.9 Å². The van der Waals surface area contributed by atoms with Crippen molar-refractivity contribution in [3.05, 3.63) is 34.3 Å². The summed E-state index contributed by atoms with van der Waals surface area (Å²) in [6.07, 6.45) is 0. The Morgan fingerprint density at radius 3 is 2.94 bits per heavy atom. The van der Waals surface area contributed by atoms with Crippen LogP contribution in [0.15, 0.2) is 23.7 Å². The van der Waals surface area contributed by atoms with E-state index in [2.05, 4.69) is 20.8 Å². The fourth-order valence-corrected chi connectivity index (χ4v) is 1.93. The molecule has 1 heterocycles. The van der Waals surface area contributed by atoms with Crippen molar-refractivity contribution in [3.8, 4) is 0 Å². The molecule has 1 aromatic heterocycles. The van der Waals surface area contributed by atoms with E-state index in [1.165, 1.54) is 11.3 Å². The van der Waals surface area contributed by atoms with Crippen LogP contribution in [0.1, 0.15) is 10.4 Å². The summed E-state index contributed by atoms with van der Waals surface area (Å²) in [6.45, 7) is 0. The zero-order valence-corrected chi connectivity index (χ0v) is 10.5. The lowest BCUT2D eigenvalue weighted by Gasteiger charge is -2.08. The van der Waals surface area contributed by atoms with Crippen LogP contribution in [0.3, 0.4) is 0 Å². The van der Waals surface area contributed by atoms with Gasteiger partial charge in [0, 0.05) is 17.8 Å². The van der Waals surface area contributed by atoms with Crippen LogP contribution in [0, 0.1) is 0 Å². The first-order valence-electron chi connectivity index (χ1n) is 4.75. The first-order chi connectivity index (χ1) is 8.20. The molecule has 0 unspecified atom stereocenters. The second kappa shape index (κ2) is 5.11. The quantitative estimate of drug-likeness (QED) is 0.897. The molecule has 0 atom stereocenters. The Morgan fingerprint density at radius 1 is 1.47 bits per heavy atom. The van der Waals surface area contributed by atoms with Crippen molar-refractivity contribution in [2.45, 2.75) is 0 Å². The lowest BCUT2D eigenvalue weighted by atomic mass is 10.1. The van der Waals surface area contributed by atoms with Crippen molar-refractivity contribution in [2.75, 3.05) is 17.7 Å². The van der Waals surface area contributed by atoms with Crippen LogP contribution in [-0.2, 0) is 0 Å². The third-order valence-corrected chi connectivity index (χ3v) is 2.92. The summed E-state index contributed by atoms with van der Waals surface area (Å²) in [5.41, 5.74) is 2.72. The maximum absolute atomic E-state index is 12.0. The first kappa shape index (κ1) is 11.8. The van der Waals surface area contributed by atoms with Crippen LogP contribution < -0.4 is 10.6 Å². The van der Waals surface area contributed by atoms with Gasteiger partial charge in [-0.3, -0.25) is 10.1 Å². The van der Waals surface area contributed by atoms with E-state index in [0.29, 0.717) is 21.4 Å². The molecular formula is C10H9ClN4OS. The maximum Gasteiger partial charge on any atom is 0.259 e. The van der Waals surface area contributed by atoms with E-state index in [1.807, 2.05) is 0 Å². The van der Waals surface area contributed by atoms with Crippen LogP contribution in [0.2, 0.25) is 5.02 Å². The smallest absolute Gasteiger partial charge is 0.259 e. The van der Waals surface area contributed by atoms with Crippen LogP contribution >= 0.6 is 22.9 Å². The molecular weight excluding hydrogens is 260 g/mol. The molecule has 2 aromatic rings. The van der Waals surface area contributed by atoms with Crippen molar-refractivity contribution in [2.24, 2.45) is 0 Å². The lowest BCUT2D eigenvalue weighted by molar-refractivity contribution is 0.102. The number of benzene rings is 1. The van der Waals surface area contributed by atoms with E-state index in [-0.39, 0.29) is 5.91 Å². The fraction of sp³-hybridized carbons (Fsp3) is 0.100. The van der Waals surface area contributed by atoms with Crippen LogP contribution in [-0.4, -0.2) is 23.2 Å². The summed E-state index contributed by atoms with van der Waals surface area (Å²) in [4.78, 5) is 12.0. The Hall–Kier alpha value is -1.66. The summed E-state index contributed by atoms with van der Waals surface area (Å²) in [7, 11) is 1.74. The standard InChI is InChI=1S/C10H9ClN4OS/c1-12-8-3-2-6(11)4-7(8)9(16)14-10-15-13-5-17-10/h2-5,12H,1H3,(H,14,15,16). The average molecular weight is 269 g/mol. The molecule has 1 amide bonds. The average Bonchev–Trinajstić information content (AvgIpc) is 2.81. The number of nitrogens with one attached hydrogen (secondary N) is 2. The zero-order chi connectivity index (χ0) is 12.3. The molecule has 7 heteroatoms. The Balaban J connectivity index is 2.26. The molecule has 2 N–H and O–H groups in total. The van der Waals surface area contributed by atoms with Crippen LogP contribution in [0.5, 0.6) is 0 Å². The number of carbonyl (C=O) groups is 1. The summed E-state index contributed by atoms with van der Waals surface area (Å²) in [5.74, 6) is -0.270. The molecule has 88 valence electrons. The number of hydrogen-bond acceptors (Lipinski definition) is 5. The summed E-state index contributed by atoms with van der Waals surface area (Å²) in [5, 5.41) is 13.9. The van der Waals surface area contributed by atoms with Gasteiger partial charge in [0.05, 0.1) is 5.56 Å². The number of anilines is 2. The van der Waals surface area contributed by atoms with Gasteiger partial charge in [0.15, 0.2) is 0 Å². The molecule has 0 saturated carbocycles. The van der Waals surface area contributed by atoms with Crippen molar-refractivity contribution in [1.82, 2.24) is 10.2 Å². The normalized spacial score (nSPS) is 10.0. The SMILES string of the molecule is CNc1ccc(Cl)cc1C(=O)Nc1nncs1. The molecule has 0 bridgehead atoms. The minimum atomic E-state index is -0.270. The van der Waals surface area contributed by atoms with Gasteiger partial charge in [0.25, 0.3) is 5.91 Å². The van der Waals surface area contributed by atoms with Gasteiger partial charge in [-0.15, -0.1) is 10.2 Å². The van der Waals surface area contributed by atoms with Gasteiger partial charge < -0.3 is 5.32 Å². The number of rotatable bonds is 3. The predicted molar refractivity (Wildman–Crippen MR) is 68.9 cm³/mol. The molecule has 5 nitrogen and oxygen atoms in total. The number of hydrogen-bond donors (Lipinski definition) is 2. The molecule has 0 saturated heterocycles. The highest BCUT2D eigenvalue weighted by molar-refractivity contribution is 7.13. The molecule has 17 heavy (non-hydrogen) atoms. The Morgan fingerprint density at radius 2 is 2.29 bits per heavy atom. The van der Waals surface area contributed by atoms with Crippen LogP contribution in [0.4, 0.5) is 10.8 Å². The highest BCUT2D eigenvalue weighted by atomic mass is 35.5. The lowest BCUT2D eigenvalue weighted by Crippen LogP contribution is -2.13. The number of carbonyl (C=O) groups excluding carboxylic acids is 1. The monoisotopic (exact) mass is 268 g/mol. The van der Waals surface area contributed by atoms with E-state index in [1.54, 1.807) is 30.8 Å². The highest BCUT2D eigenvalue weighted by Crippen LogP contribution is 2.21. The zero-order valence-electron chi connectivity index (χ0n) is 8.90. The van der Waals surface area contributed by atoms with Gasteiger partial charge >= 0.3 is 0 Å². The highest BCUT2D eigenvalue weighted by Gasteiger charge is 2.12. The van der Waals surface area contributed by atoms with E-state index >= 15 is 0 Å². The maximum atomic E-state index is 12.0. The van der Waals surface area contributed by atoms with E-state index in [0.717, 1.165) is 0 Å². The van der Waals surface area contributed by atoms with Gasteiger partial charge in [-0.2, -0.15) is 0 Å². The number of nitrogens with zero attached hydrogens (tertiary/aromatic N) is 2. The Labute approximate surface area is 107 Å². The third kappa shape index (κ3) is 2.72. The molecule has 0 aliphatic heterocycles.